The molecule has 0 aliphatic heterocycles. The SMILES string of the molecule is CC(C)CCCCCCCCCCCCC(=O)OC[C@H](COP(=O)(O)OC[C@@H](O)COP(=O)(O)OC[C@@H](COC(=O)CCCCCCCCC(C)C)OC(=O)CCCCCCCCCCCCC(C)C)OC(=O)CCCCCCCCC(C)C. The van der Waals surface area contributed by atoms with E-state index in [0.29, 0.717) is 37.5 Å². The van der Waals surface area contributed by atoms with Crippen molar-refractivity contribution in [2.45, 2.75) is 331 Å². The molecular formula is C65H126O17P2. The summed E-state index contributed by atoms with van der Waals surface area (Å²) in [7, 11) is -9.89. The number of aliphatic hydroxyl groups excluding tert-OH is 1. The van der Waals surface area contributed by atoms with Gasteiger partial charge in [0.25, 0.3) is 0 Å². The molecule has 0 aromatic carbocycles. The predicted molar refractivity (Wildman–Crippen MR) is 335 cm³/mol. The highest BCUT2D eigenvalue weighted by Gasteiger charge is 2.30. The summed E-state index contributed by atoms with van der Waals surface area (Å²) in [5, 5.41) is 10.5. The highest BCUT2D eigenvalue weighted by atomic mass is 31.2. The molecule has 0 aliphatic rings. The van der Waals surface area contributed by atoms with E-state index in [1.165, 1.54) is 109 Å². The predicted octanol–water partition coefficient (Wildman–Crippen LogP) is 17.8. The van der Waals surface area contributed by atoms with E-state index in [9.17, 15) is 43.2 Å². The van der Waals surface area contributed by atoms with Crippen LogP contribution in [0.5, 0.6) is 0 Å². The second kappa shape index (κ2) is 55.2. The van der Waals surface area contributed by atoms with Gasteiger partial charge in [0.15, 0.2) is 12.2 Å². The summed E-state index contributed by atoms with van der Waals surface area (Å²) in [6.45, 7) is 13.9. The molecule has 84 heavy (non-hydrogen) atoms. The van der Waals surface area contributed by atoms with Gasteiger partial charge in [-0.1, -0.05) is 261 Å². The van der Waals surface area contributed by atoms with E-state index in [4.69, 9.17) is 37.0 Å². The lowest BCUT2D eigenvalue weighted by Crippen LogP contribution is -2.30. The third-order valence-electron chi connectivity index (χ3n) is 14.8. The van der Waals surface area contributed by atoms with Crippen LogP contribution in [-0.2, 0) is 65.4 Å². The third kappa shape index (κ3) is 59.0. The summed E-state index contributed by atoms with van der Waals surface area (Å²) < 4.78 is 68.0. The number of ether oxygens (including phenoxy) is 4. The molecule has 0 aliphatic carbocycles. The minimum atomic E-state index is -4.95. The zero-order valence-electron chi connectivity index (χ0n) is 54.5. The summed E-state index contributed by atoms with van der Waals surface area (Å²) in [5.41, 5.74) is 0. The second-order valence-corrected chi connectivity index (χ2v) is 28.3. The van der Waals surface area contributed by atoms with E-state index < -0.39 is 97.5 Å². The molecule has 498 valence electrons. The van der Waals surface area contributed by atoms with Crippen LogP contribution in [0.3, 0.4) is 0 Å². The normalized spacial score (nSPS) is 14.4. The summed E-state index contributed by atoms with van der Waals surface area (Å²) in [6.07, 6.45) is 35.1. The van der Waals surface area contributed by atoms with E-state index in [-0.39, 0.29) is 25.7 Å². The number of rotatable bonds is 62. The van der Waals surface area contributed by atoms with Crippen molar-refractivity contribution in [2.24, 2.45) is 23.7 Å². The van der Waals surface area contributed by atoms with Crippen LogP contribution in [0.25, 0.3) is 0 Å². The standard InChI is InChI=1S/C65H126O17P2/c1-55(2)41-33-25-17-13-9-11-15-19-29-37-45-62(67)75-51-61(82-65(70)48-40-32-24-22-28-36-44-58(7)8)54-80-84(73,74)78-50-59(66)49-77-83(71,72)79-53-60(52-76-63(68)46-38-30-23-21-27-35-43-57(5)6)81-64(69)47-39-31-20-16-12-10-14-18-26-34-42-56(3)4/h55-61,66H,9-54H2,1-8H3,(H,71,72)(H,73,74)/t59-,60+,61+/m0/s1. The second-order valence-electron chi connectivity index (χ2n) is 25.4. The highest BCUT2D eigenvalue weighted by molar-refractivity contribution is 7.47. The first-order valence-corrected chi connectivity index (χ1v) is 36.7. The largest absolute Gasteiger partial charge is 0.472 e. The van der Waals surface area contributed by atoms with Crippen LogP contribution < -0.4 is 0 Å². The Morgan fingerprint density at radius 2 is 0.500 bits per heavy atom. The Kier molecular flexibility index (Phi) is 53.9. The topological polar surface area (TPSA) is 237 Å². The van der Waals surface area contributed by atoms with Crippen LogP contribution in [0, 0.1) is 23.7 Å². The molecule has 0 aromatic rings. The van der Waals surface area contributed by atoms with Gasteiger partial charge in [-0.05, 0) is 49.4 Å². The van der Waals surface area contributed by atoms with Crippen molar-refractivity contribution in [1.29, 1.82) is 0 Å². The molecule has 0 rings (SSSR count). The summed E-state index contributed by atoms with van der Waals surface area (Å²) in [6, 6.07) is 0. The minimum absolute atomic E-state index is 0.101. The molecule has 5 atom stereocenters. The first-order valence-electron chi connectivity index (χ1n) is 33.7. The van der Waals surface area contributed by atoms with E-state index >= 15 is 0 Å². The maximum Gasteiger partial charge on any atom is 0.472 e. The smallest absolute Gasteiger partial charge is 0.462 e. The Bertz CT molecular complexity index is 1680. The summed E-state index contributed by atoms with van der Waals surface area (Å²) in [4.78, 5) is 72.2. The van der Waals surface area contributed by atoms with Crippen molar-refractivity contribution < 1.29 is 80.2 Å². The number of phosphoric ester groups is 2. The molecule has 17 nitrogen and oxygen atoms in total. The van der Waals surface area contributed by atoms with Gasteiger partial charge >= 0.3 is 39.5 Å². The maximum atomic E-state index is 13.0. The van der Waals surface area contributed by atoms with E-state index in [1.54, 1.807) is 0 Å². The quantitative estimate of drug-likeness (QED) is 0.0222. The molecule has 0 saturated carbocycles. The van der Waals surface area contributed by atoms with Gasteiger partial charge in [-0.3, -0.25) is 37.3 Å². The lowest BCUT2D eigenvalue weighted by Gasteiger charge is -2.21. The molecule has 19 heteroatoms. The zero-order chi connectivity index (χ0) is 62.5. The molecule has 0 heterocycles. The number of aliphatic hydroxyl groups is 1. The van der Waals surface area contributed by atoms with E-state index in [0.717, 1.165) is 108 Å². The maximum absolute atomic E-state index is 13.0. The van der Waals surface area contributed by atoms with Gasteiger partial charge < -0.3 is 33.8 Å². The van der Waals surface area contributed by atoms with E-state index in [1.807, 2.05) is 0 Å². The van der Waals surface area contributed by atoms with Crippen LogP contribution in [0.15, 0.2) is 0 Å². The van der Waals surface area contributed by atoms with Crippen LogP contribution in [0.2, 0.25) is 0 Å². The third-order valence-corrected chi connectivity index (χ3v) is 16.7. The lowest BCUT2D eigenvalue weighted by atomic mass is 10.0. The van der Waals surface area contributed by atoms with Crippen molar-refractivity contribution >= 4 is 39.5 Å². The number of unbranched alkanes of at least 4 members (excludes halogenated alkanes) is 28. The minimum Gasteiger partial charge on any atom is -0.462 e. The van der Waals surface area contributed by atoms with Gasteiger partial charge in [0.2, 0.25) is 0 Å². The molecule has 0 saturated heterocycles. The molecule has 0 spiro atoms. The van der Waals surface area contributed by atoms with Crippen LogP contribution in [0.4, 0.5) is 0 Å². The molecule has 2 unspecified atom stereocenters. The van der Waals surface area contributed by atoms with Gasteiger partial charge in [-0.2, -0.15) is 0 Å². The molecule has 3 N–H and O–H groups in total. The highest BCUT2D eigenvalue weighted by Crippen LogP contribution is 2.45. The molecule has 0 amide bonds. The van der Waals surface area contributed by atoms with Crippen molar-refractivity contribution in [3.63, 3.8) is 0 Å². The summed E-state index contributed by atoms with van der Waals surface area (Å²) >= 11 is 0. The van der Waals surface area contributed by atoms with Crippen molar-refractivity contribution in [3.8, 4) is 0 Å². The van der Waals surface area contributed by atoms with Gasteiger partial charge in [-0.25, -0.2) is 9.13 Å². The van der Waals surface area contributed by atoms with Crippen molar-refractivity contribution in [1.82, 2.24) is 0 Å². The summed E-state index contributed by atoms with van der Waals surface area (Å²) in [5.74, 6) is 0.717. The first-order chi connectivity index (χ1) is 40.1. The number of phosphoric acid groups is 2. The van der Waals surface area contributed by atoms with Crippen LogP contribution >= 0.6 is 15.6 Å². The van der Waals surface area contributed by atoms with Gasteiger partial charge in [0, 0.05) is 25.7 Å². The number of hydrogen-bond donors (Lipinski definition) is 3. The Hall–Kier alpha value is -1.94. The van der Waals surface area contributed by atoms with Gasteiger partial charge in [0.05, 0.1) is 26.4 Å². The van der Waals surface area contributed by atoms with Crippen molar-refractivity contribution in [3.05, 3.63) is 0 Å². The Morgan fingerprint density at radius 1 is 0.298 bits per heavy atom. The van der Waals surface area contributed by atoms with Crippen LogP contribution in [-0.4, -0.2) is 96.7 Å². The number of esters is 4. The first kappa shape index (κ1) is 82.1. The Morgan fingerprint density at radius 3 is 0.738 bits per heavy atom. The number of hydrogen-bond acceptors (Lipinski definition) is 15. The zero-order valence-corrected chi connectivity index (χ0v) is 56.3. The molecule has 0 fully saturated rings. The van der Waals surface area contributed by atoms with Crippen LogP contribution in [0.1, 0.15) is 312 Å². The molecule has 0 bridgehead atoms. The van der Waals surface area contributed by atoms with E-state index in [2.05, 4.69) is 55.4 Å². The Labute approximate surface area is 511 Å². The molecule has 0 aromatic heterocycles. The number of carbonyl (C=O) groups excluding carboxylic acids is 4. The lowest BCUT2D eigenvalue weighted by molar-refractivity contribution is -0.161. The van der Waals surface area contributed by atoms with Gasteiger partial charge in [0.1, 0.15) is 19.3 Å². The fourth-order valence-electron chi connectivity index (χ4n) is 9.61. The fraction of sp³-hybridized carbons (Fsp3) is 0.938. The number of carbonyl (C=O) groups is 4. The Balaban J connectivity index is 5.22. The fourth-order valence-corrected chi connectivity index (χ4v) is 11.2. The average Bonchev–Trinajstić information content (AvgIpc) is 3.48. The average molecular weight is 1240 g/mol. The van der Waals surface area contributed by atoms with Crippen molar-refractivity contribution in [2.75, 3.05) is 39.6 Å². The monoisotopic (exact) mass is 1240 g/mol. The molecule has 0 radical (unpaired) electrons. The van der Waals surface area contributed by atoms with Gasteiger partial charge in [-0.15, -0.1) is 0 Å². The molecular weight excluding hydrogens is 1110 g/mol.